The molecule has 13 heteroatoms. The largest absolute Gasteiger partial charge is 0.387 e. The van der Waals surface area contributed by atoms with Crippen LogP contribution in [-0.2, 0) is 16.0 Å². The second kappa shape index (κ2) is 10.1. The zero-order chi connectivity index (χ0) is 27.7. The van der Waals surface area contributed by atoms with Gasteiger partial charge in [-0.1, -0.05) is 11.6 Å². The summed E-state index contributed by atoms with van der Waals surface area (Å²) >= 11 is 6.13. The molecule has 1 amide bonds. The zero-order valence-electron chi connectivity index (χ0n) is 21.6. The summed E-state index contributed by atoms with van der Waals surface area (Å²) in [5, 5.41) is 26.6. The molecule has 0 aliphatic carbocycles. The molecule has 1 aliphatic heterocycles. The number of nitrogens with one attached hydrogen (secondary N) is 2. The summed E-state index contributed by atoms with van der Waals surface area (Å²) < 4.78 is 28.7. The molecule has 0 saturated carbocycles. The van der Waals surface area contributed by atoms with E-state index in [2.05, 4.69) is 30.2 Å². The van der Waals surface area contributed by atoms with Crippen LogP contribution in [-0.4, -0.2) is 77.4 Å². The predicted molar refractivity (Wildman–Crippen MR) is 130 cm³/mol. The first-order chi connectivity index (χ1) is 18.6. The number of fused-ring (bicyclic) bond motifs is 1. The Morgan fingerprint density at radius 2 is 2.06 bits per heavy atom. The highest BCUT2D eigenvalue weighted by Gasteiger charge is 2.47. The van der Waals surface area contributed by atoms with Crippen LogP contribution in [0.3, 0.4) is 0 Å². The first-order valence-corrected chi connectivity index (χ1v) is 11.3. The van der Waals surface area contributed by atoms with Gasteiger partial charge in [0.1, 0.15) is 12.2 Å². The summed E-state index contributed by atoms with van der Waals surface area (Å²) in [6.45, 7) is -2.30. The Bertz CT molecular complexity index is 1490. The molecule has 36 heavy (non-hydrogen) atoms. The topological polar surface area (TPSA) is 160 Å². The first kappa shape index (κ1) is 20.5. The monoisotopic (exact) mass is 513 g/mol. The van der Waals surface area contributed by atoms with Gasteiger partial charge in [0.05, 0.1) is 11.3 Å². The van der Waals surface area contributed by atoms with E-state index in [1.165, 1.54) is 23.3 Å². The van der Waals surface area contributed by atoms with Crippen molar-refractivity contribution in [1.29, 1.82) is 0 Å². The number of rotatable bonds is 7. The molecule has 0 bridgehead atoms. The number of hydrogen-bond acceptors (Lipinski definition) is 10. The summed E-state index contributed by atoms with van der Waals surface area (Å²) in [4.78, 5) is 34.1. The average Bonchev–Trinajstić information content (AvgIpc) is 3.44. The van der Waals surface area contributed by atoms with E-state index in [1.807, 2.05) is 12.1 Å². The number of amides is 1. The minimum atomic E-state index is -2.80. The summed E-state index contributed by atoms with van der Waals surface area (Å²) in [5.74, 6) is -0.463. The molecule has 4 N–H and O–H groups in total. The number of imidazole rings is 1. The van der Waals surface area contributed by atoms with Crippen molar-refractivity contribution in [3.63, 3.8) is 0 Å². The van der Waals surface area contributed by atoms with Gasteiger partial charge in [0.15, 0.2) is 35.1 Å². The summed E-state index contributed by atoms with van der Waals surface area (Å²) in [5.41, 5.74) is 2.13. The normalized spacial score (nSPS) is 23.1. The Hall–Kier alpha value is -3.71. The average molecular weight is 514 g/mol. The van der Waals surface area contributed by atoms with E-state index in [1.54, 1.807) is 23.8 Å². The fourth-order valence-corrected chi connectivity index (χ4v) is 4.11. The van der Waals surface area contributed by atoms with E-state index in [9.17, 15) is 15.0 Å². The number of aliphatic hydroxyl groups is 2. The number of aliphatic hydroxyl groups excluding tert-OH is 2. The molecule has 186 valence electrons. The molecule has 1 saturated heterocycles. The standard InChI is InChI=1S/C23H23ClN8O4/c1-25-22(35)18-16(33)17(34)23(36-18)32-11-29-15-20(28-7-4-12-2-5-26-6-3-12)30-19(31-21(15)32)13-8-14(24)10-27-9-13/h2-3,5-6,8-11,16-18,23,33-34H,4,7H2,1H3,(H,25,35)(H,28,30,31)/t16-,17+,18-,23+/m0/s1/i1D3. The van der Waals surface area contributed by atoms with Crippen molar-refractivity contribution in [3.05, 3.63) is 59.9 Å². The number of likely N-dealkylation sites (N-methyl/N-ethyl adjacent to an activating group) is 1. The lowest BCUT2D eigenvalue weighted by atomic mass is 10.1. The molecular formula is C23H23ClN8O4. The summed E-state index contributed by atoms with van der Waals surface area (Å²) in [7, 11) is 0. The quantitative estimate of drug-likeness (QED) is 0.280. The smallest absolute Gasteiger partial charge is 0.251 e. The number of carbonyl (C=O) groups excluding carboxylic acids is 1. The molecule has 1 aliphatic rings. The van der Waals surface area contributed by atoms with Gasteiger partial charge in [0.2, 0.25) is 0 Å². The van der Waals surface area contributed by atoms with Gasteiger partial charge >= 0.3 is 0 Å². The Morgan fingerprint density at radius 3 is 2.83 bits per heavy atom. The maximum Gasteiger partial charge on any atom is 0.251 e. The number of nitrogens with zero attached hydrogens (tertiary/aromatic N) is 6. The SMILES string of the molecule is [2H]C([2H])([2H])NC(=O)[C@H]1O[C@@H](n2cnc3c(NCCc4ccncc4)nc(-c4cncc(Cl)c4)nc32)[C@H](O)[C@@H]1O. The van der Waals surface area contributed by atoms with E-state index in [-0.39, 0.29) is 11.5 Å². The van der Waals surface area contributed by atoms with Crippen LogP contribution in [0.15, 0.2) is 49.3 Å². The molecule has 0 radical (unpaired) electrons. The van der Waals surface area contributed by atoms with Crippen molar-refractivity contribution >= 4 is 34.5 Å². The first-order valence-electron chi connectivity index (χ1n) is 12.4. The second-order valence-corrected chi connectivity index (χ2v) is 8.50. The van der Waals surface area contributed by atoms with E-state index in [0.29, 0.717) is 34.9 Å². The number of halogens is 1. The maximum absolute atomic E-state index is 12.4. The van der Waals surface area contributed by atoms with Gasteiger partial charge in [-0.3, -0.25) is 19.3 Å². The van der Waals surface area contributed by atoms with E-state index in [4.69, 9.17) is 20.5 Å². The van der Waals surface area contributed by atoms with E-state index >= 15 is 0 Å². The van der Waals surface area contributed by atoms with Gasteiger partial charge in [0, 0.05) is 48.0 Å². The number of anilines is 1. The molecule has 5 heterocycles. The second-order valence-electron chi connectivity index (χ2n) is 8.06. The van der Waals surface area contributed by atoms with Gasteiger partial charge in [-0.05, 0) is 30.2 Å². The maximum atomic E-state index is 12.4. The van der Waals surface area contributed by atoms with Crippen molar-refractivity contribution in [2.45, 2.75) is 31.0 Å². The predicted octanol–water partition coefficient (Wildman–Crippen LogP) is 0.956. The number of aromatic nitrogens is 6. The van der Waals surface area contributed by atoms with Crippen molar-refractivity contribution in [2.24, 2.45) is 0 Å². The Morgan fingerprint density at radius 1 is 1.22 bits per heavy atom. The fraction of sp³-hybridized carbons (Fsp3) is 0.304. The van der Waals surface area contributed by atoms with Crippen molar-refractivity contribution in [3.8, 4) is 11.4 Å². The van der Waals surface area contributed by atoms with Crippen LogP contribution < -0.4 is 10.6 Å². The molecule has 5 rings (SSSR count). The van der Waals surface area contributed by atoms with Crippen LogP contribution in [0.1, 0.15) is 15.9 Å². The molecule has 12 nitrogen and oxygen atoms in total. The molecule has 4 aromatic heterocycles. The van der Waals surface area contributed by atoms with Crippen molar-refractivity contribution in [1.82, 2.24) is 34.8 Å². The molecule has 4 atom stereocenters. The molecule has 1 fully saturated rings. The van der Waals surface area contributed by atoms with Crippen LogP contribution in [0, 0.1) is 0 Å². The summed E-state index contributed by atoms with van der Waals surface area (Å²) in [6, 6.07) is 5.44. The lowest BCUT2D eigenvalue weighted by Gasteiger charge is -2.17. The van der Waals surface area contributed by atoms with Crippen molar-refractivity contribution in [2.75, 3.05) is 18.8 Å². The van der Waals surface area contributed by atoms with Crippen LogP contribution >= 0.6 is 11.6 Å². The number of hydrogen-bond donors (Lipinski definition) is 4. The van der Waals surface area contributed by atoms with Crippen LogP contribution in [0.25, 0.3) is 22.6 Å². The van der Waals surface area contributed by atoms with Gasteiger partial charge < -0.3 is 25.6 Å². The van der Waals surface area contributed by atoms with Crippen molar-refractivity contribution < 1.29 is 23.9 Å². The molecular weight excluding hydrogens is 488 g/mol. The highest BCUT2D eigenvalue weighted by Crippen LogP contribution is 2.33. The van der Waals surface area contributed by atoms with E-state index in [0.717, 1.165) is 5.56 Å². The fourth-order valence-electron chi connectivity index (χ4n) is 3.94. The van der Waals surface area contributed by atoms with Gasteiger partial charge in [-0.2, -0.15) is 0 Å². The van der Waals surface area contributed by atoms with Gasteiger partial charge in [-0.15, -0.1) is 0 Å². The van der Waals surface area contributed by atoms with Crippen LogP contribution in [0.4, 0.5) is 5.82 Å². The molecule has 0 aromatic carbocycles. The number of pyridine rings is 2. The molecule has 0 unspecified atom stereocenters. The third kappa shape index (κ3) is 4.58. The summed E-state index contributed by atoms with van der Waals surface area (Å²) in [6.07, 6.45) is 2.17. The highest BCUT2D eigenvalue weighted by molar-refractivity contribution is 6.30. The van der Waals surface area contributed by atoms with Crippen LogP contribution in [0.5, 0.6) is 0 Å². The molecule has 0 spiro atoms. The lowest BCUT2D eigenvalue weighted by molar-refractivity contribution is -0.137. The molecule has 4 aromatic rings. The lowest BCUT2D eigenvalue weighted by Crippen LogP contribution is -2.41. The Labute approximate surface area is 214 Å². The van der Waals surface area contributed by atoms with Crippen LogP contribution in [0.2, 0.25) is 5.02 Å². The van der Waals surface area contributed by atoms with E-state index < -0.39 is 37.4 Å². The Kier molecular flexibility index (Phi) is 5.75. The zero-order valence-corrected chi connectivity index (χ0v) is 19.4. The highest BCUT2D eigenvalue weighted by atomic mass is 35.5. The number of carbonyl (C=O) groups is 1. The third-order valence-corrected chi connectivity index (χ3v) is 5.94. The Balaban J connectivity index is 1.50. The number of ether oxygens (including phenoxy) is 1. The van der Waals surface area contributed by atoms with Gasteiger partial charge in [0.25, 0.3) is 5.91 Å². The minimum Gasteiger partial charge on any atom is -0.387 e. The minimum absolute atomic E-state index is 0.222. The third-order valence-electron chi connectivity index (χ3n) is 5.73. The van der Waals surface area contributed by atoms with Gasteiger partial charge in [-0.25, -0.2) is 15.0 Å².